The minimum atomic E-state index is -4.71. The number of halogens is 4. The molecule has 0 aromatic heterocycles. The fourth-order valence-corrected chi connectivity index (χ4v) is 1.00. The van der Waals surface area contributed by atoms with Gasteiger partial charge in [0.1, 0.15) is 0 Å². The Morgan fingerprint density at radius 3 is 2.07 bits per heavy atom. The molecule has 1 amide bonds. The Morgan fingerprint density at radius 1 is 1.40 bits per heavy atom. The molecular formula is C8H13F4NO2. The molecule has 0 aromatic rings. The van der Waals surface area contributed by atoms with E-state index in [0.717, 1.165) is 7.05 Å². The minimum Gasteiger partial charge on any atom is -0.389 e. The van der Waals surface area contributed by atoms with Gasteiger partial charge in [-0.25, -0.2) is 8.78 Å². The van der Waals surface area contributed by atoms with Gasteiger partial charge in [-0.05, 0) is 13.8 Å². The van der Waals surface area contributed by atoms with Crippen LogP contribution >= 0.6 is 0 Å². The number of alkyl halides is 4. The Balaban J connectivity index is 4.59. The van der Waals surface area contributed by atoms with Crippen LogP contribution in [0.2, 0.25) is 0 Å². The molecule has 0 saturated heterocycles. The predicted octanol–water partition coefficient (Wildman–Crippen LogP) is 1.12. The van der Waals surface area contributed by atoms with Crippen molar-refractivity contribution < 1.29 is 27.5 Å². The number of carbonyl (C=O) groups excluding carboxylic acids is 1. The van der Waals surface area contributed by atoms with Crippen LogP contribution < -0.4 is 0 Å². The first-order valence-corrected chi connectivity index (χ1v) is 4.12. The van der Waals surface area contributed by atoms with E-state index < -0.39 is 30.4 Å². The Hall–Kier alpha value is -0.850. The molecule has 0 aliphatic carbocycles. The van der Waals surface area contributed by atoms with Gasteiger partial charge >= 0.3 is 12.3 Å². The maximum atomic E-state index is 12.5. The monoisotopic (exact) mass is 231 g/mol. The lowest BCUT2D eigenvalue weighted by atomic mass is 10.1. The lowest BCUT2D eigenvalue weighted by Gasteiger charge is -2.28. The van der Waals surface area contributed by atoms with Crippen LogP contribution in [0, 0.1) is 0 Å². The fourth-order valence-electron chi connectivity index (χ4n) is 1.00. The lowest BCUT2D eigenvalue weighted by Crippen LogP contribution is -2.50. The Kier molecular flexibility index (Phi) is 4.09. The van der Waals surface area contributed by atoms with Crippen molar-refractivity contribution in [3.05, 3.63) is 0 Å². The zero-order valence-electron chi connectivity index (χ0n) is 8.60. The first-order chi connectivity index (χ1) is 6.48. The summed E-state index contributed by atoms with van der Waals surface area (Å²) in [5.41, 5.74) is -1.41. The zero-order chi connectivity index (χ0) is 12.4. The van der Waals surface area contributed by atoms with Gasteiger partial charge in [-0.15, -0.1) is 0 Å². The molecule has 90 valence electrons. The van der Waals surface area contributed by atoms with Crippen molar-refractivity contribution in [2.75, 3.05) is 13.6 Å². The van der Waals surface area contributed by atoms with E-state index in [-0.39, 0.29) is 0 Å². The van der Waals surface area contributed by atoms with E-state index in [1.165, 1.54) is 13.8 Å². The van der Waals surface area contributed by atoms with Crippen molar-refractivity contribution in [2.24, 2.45) is 0 Å². The number of hydrogen-bond acceptors (Lipinski definition) is 2. The van der Waals surface area contributed by atoms with Crippen molar-refractivity contribution in [3.63, 3.8) is 0 Å². The van der Waals surface area contributed by atoms with Crippen molar-refractivity contribution >= 4 is 5.91 Å². The normalized spacial score (nSPS) is 13.1. The maximum absolute atomic E-state index is 12.5. The molecule has 3 nitrogen and oxygen atoms in total. The molecule has 15 heavy (non-hydrogen) atoms. The average Bonchev–Trinajstić information content (AvgIpc) is 1.99. The smallest absolute Gasteiger partial charge is 0.383 e. The number of nitrogens with zero attached hydrogens (tertiary/aromatic N) is 1. The quantitative estimate of drug-likeness (QED) is 0.736. The molecule has 0 spiro atoms. The van der Waals surface area contributed by atoms with Gasteiger partial charge in [-0.1, -0.05) is 0 Å². The third kappa shape index (κ3) is 4.03. The second kappa shape index (κ2) is 4.34. The summed E-state index contributed by atoms with van der Waals surface area (Å²) in [6.45, 7) is 2.10. The molecule has 0 bridgehead atoms. The van der Waals surface area contributed by atoms with Crippen LogP contribution in [-0.2, 0) is 4.79 Å². The van der Waals surface area contributed by atoms with Gasteiger partial charge in [0, 0.05) is 13.6 Å². The summed E-state index contributed by atoms with van der Waals surface area (Å²) >= 11 is 0. The van der Waals surface area contributed by atoms with Crippen LogP contribution in [0.25, 0.3) is 0 Å². The highest BCUT2D eigenvalue weighted by Gasteiger charge is 2.50. The topological polar surface area (TPSA) is 40.5 Å². The molecule has 0 aliphatic heterocycles. The molecule has 0 rings (SSSR count). The summed E-state index contributed by atoms with van der Waals surface area (Å²) < 4.78 is 48.7. The minimum absolute atomic E-state index is 0.381. The van der Waals surface area contributed by atoms with Crippen LogP contribution in [0.15, 0.2) is 0 Å². The van der Waals surface area contributed by atoms with E-state index in [2.05, 4.69) is 0 Å². The van der Waals surface area contributed by atoms with Gasteiger partial charge in [0.05, 0.1) is 5.60 Å². The van der Waals surface area contributed by atoms with Crippen LogP contribution in [0.4, 0.5) is 17.6 Å². The van der Waals surface area contributed by atoms with Gasteiger partial charge in [0.15, 0.2) is 0 Å². The van der Waals surface area contributed by atoms with Crippen molar-refractivity contribution in [3.8, 4) is 0 Å². The summed E-state index contributed by atoms with van der Waals surface area (Å²) in [5, 5.41) is 9.21. The number of hydrogen-bond donors (Lipinski definition) is 1. The molecule has 0 unspecified atom stereocenters. The Labute approximate surface area is 84.7 Å². The van der Waals surface area contributed by atoms with Crippen LogP contribution in [-0.4, -0.2) is 47.5 Å². The van der Waals surface area contributed by atoms with Crippen molar-refractivity contribution in [2.45, 2.75) is 31.8 Å². The van der Waals surface area contributed by atoms with E-state index in [1.807, 2.05) is 0 Å². The molecule has 1 N–H and O–H groups in total. The van der Waals surface area contributed by atoms with Crippen LogP contribution in [0.5, 0.6) is 0 Å². The summed E-state index contributed by atoms with van der Waals surface area (Å²) in [7, 11) is 0.927. The first kappa shape index (κ1) is 14.2. The van der Waals surface area contributed by atoms with Gasteiger partial charge in [-0.3, -0.25) is 4.79 Å². The maximum Gasteiger partial charge on any atom is 0.383 e. The average molecular weight is 231 g/mol. The highest BCUT2D eigenvalue weighted by atomic mass is 19.3. The van der Waals surface area contributed by atoms with Gasteiger partial charge < -0.3 is 10.0 Å². The summed E-state index contributed by atoms with van der Waals surface area (Å²) in [6.07, 6.45) is -4.05. The highest BCUT2D eigenvalue weighted by Crippen LogP contribution is 2.25. The van der Waals surface area contributed by atoms with E-state index in [9.17, 15) is 27.5 Å². The van der Waals surface area contributed by atoms with E-state index in [1.54, 1.807) is 0 Å². The van der Waals surface area contributed by atoms with Crippen LogP contribution in [0.1, 0.15) is 13.8 Å². The van der Waals surface area contributed by atoms with Gasteiger partial charge in [0.25, 0.3) is 5.91 Å². The number of likely N-dealkylation sites (N-methyl/N-ethyl adjacent to an activating group) is 1. The molecule has 0 atom stereocenters. The van der Waals surface area contributed by atoms with Crippen molar-refractivity contribution in [1.82, 2.24) is 4.90 Å². The van der Waals surface area contributed by atoms with E-state index in [4.69, 9.17) is 0 Å². The van der Waals surface area contributed by atoms with Gasteiger partial charge in [0.2, 0.25) is 0 Å². The standard InChI is InChI=1S/C8H13F4NO2/c1-7(2,15)4-13(3)6(14)8(11,12)5(9)10/h5,15H,4H2,1-3H3. The molecule has 0 saturated carbocycles. The van der Waals surface area contributed by atoms with E-state index in [0.29, 0.717) is 4.90 Å². The molecule has 0 fully saturated rings. The molecular weight excluding hydrogens is 218 g/mol. The second-order valence-corrected chi connectivity index (χ2v) is 3.90. The number of carbonyl (C=O) groups is 1. The number of amides is 1. The third-order valence-electron chi connectivity index (χ3n) is 1.53. The molecule has 7 heteroatoms. The SMILES string of the molecule is CN(CC(C)(C)O)C(=O)C(F)(F)C(F)F. The fraction of sp³-hybridized carbons (Fsp3) is 0.875. The summed E-state index contributed by atoms with van der Waals surface area (Å²) in [5.74, 6) is -6.71. The van der Waals surface area contributed by atoms with Crippen LogP contribution in [0.3, 0.4) is 0 Å². The molecule has 0 radical (unpaired) electrons. The Bertz CT molecular complexity index is 237. The summed E-state index contributed by atoms with van der Waals surface area (Å²) in [6, 6.07) is 0. The highest BCUT2D eigenvalue weighted by molar-refractivity contribution is 5.83. The third-order valence-corrected chi connectivity index (χ3v) is 1.53. The van der Waals surface area contributed by atoms with E-state index >= 15 is 0 Å². The largest absolute Gasteiger partial charge is 0.389 e. The Morgan fingerprint density at radius 2 is 1.80 bits per heavy atom. The summed E-state index contributed by atoms with van der Waals surface area (Å²) in [4.78, 5) is 11.2. The van der Waals surface area contributed by atoms with Gasteiger partial charge in [-0.2, -0.15) is 8.78 Å². The second-order valence-electron chi connectivity index (χ2n) is 3.90. The first-order valence-electron chi connectivity index (χ1n) is 4.12. The molecule has 0 aromatic carbocycles. The predicted molar refractivity (Wildman–Crippen MR) is 44.9 cm³/mol. The molecule has 0 heterocycles. The molecule has 0 aliphatic rings. The zero-order valence-corrected chi connectivity index (χ0v) is 8.60. The lowest BCUT2D eigenvalue weighted by molar-refractivity contribution is -0.181. The number of aliphatic hydroxyl groups is 1. The van der Waals surface area contributed by atoms with Crippen molar-refractivity contribution in [1.29, 1.82) is 0 Å². The number of rotatable bonds is 4.